The number of rotatable bonds is 13. The number of sulfonamides is 1. The van der Waals surface area contributed by atoms with Gasteiger partial charge >= 0.3 is 0 Å². The predicted molar refractivity (Wildman–Crippen MR) is 151 cm³/mol. The maximum atomic E-state index is 13.5. The number of nitrogens with zero attached hydrogens (tertiary/aromatic N) is 2. The fourth-order valence-electron chi connectivity index (χ4n) is 4.85. The molecular weight excluding hydrogens is 502 g/mol. The maximum Gasteiger partial charge on any atom is 0.242 e. The van der Waals surface area contributed by atoms with Crippen LogP contribution < -0.4 is 14.4 Å². The summed E-state index contributed by atoms with van der Waals surface area (Å²) >= 11 is 0. The van der Waals surface area contributed by atoms with Crippen LogP contribution in [0.5, 0.6) is 5.75 Å². The van der Waals surface area contributed by atoms with E-state index in [2.05, 4.69) is 5.32 Å². The number of amides is 2. The summed E-state index contributed by atoms with van der Waals surface area (Å²) in [5, 5.41) is 3.14. The minimum absolute atomic E-state index is 0.108. The van der Waals surface area contributed by atoms with Crippen molar-refractivity contribution in [2.45, 2.75) is 77.4 Å². The molecule has 1 saturated carbocycles. The van der Waals surface area contributed by atoms with Crippen molar-refractivity contribution in [2.75, 3.05) is 23.7 Å². The largest absolute Gasteiger partial charge is 0.492 e. The molecule has 2 aromatic rings. The third kappa shape index (κ3) is 8.48. The van der Waals surface area contributed by atoms with Crippen molar-refractivity contribution in [1.82, 2.24) is 10.2 Å². The first-order valence-electron chi connectivity index (χ1n) is 13.5. The zero-order valence-corrected chi connectivity index (χ0v) is 23.6. The summed E-state index contributed by atoms with van der Waals surface area (Å²) in [6.45, 7) is 4.44. The maximum absolute atomic E-state index is 13.5. The average molecular weight is 544 g/mol. The Hall–Kier alpha value is -3.07. The Morgan fingerprint density at radius 2 is 1.68 bits per heavy atom. The molecule has 8 nitrogen and oxygen atoms in total. The molecular formula is C29H41N3O5S. The van der Waals surface area contributed by atoms with Crippen molar-refractivity contribution in [3.63, 3.8) is 0 Å². The van der Waals surface area contributed by atoms with Crippen molar-refractivity contribution >= 4 is 27.5 Å². The summed E-state index contributed by atoms with van der Waals surface area (Å²) in [6, 6.07) is 16.1. The van der Waals surface area contributed by atoms with Gasteiger partial charge in [-0.3, -0.25) is 13.9 Å². The molecule has 9 heteroatoms. The standard InChI is InChI=1S/C29H41N3O5S/c1-4-37-27-19-12-11-18-26(27)32(38(3,35)36)21-13-20-28(33)31(22-24-14-7-5-8-15-24)23(2)29(34)30-25-16-9-6-10-17-25/h5,7-8,11-12,14-15,18-19,23,25H,4,6,9-10,13,16-17,20-22H2,1-3H3,(H,30,34). The van der Waals surface area contributed by atoms with Crippen LogP contribution in [0.15, 0.2) is 54.6 Å². The molecule has 1 N–H and O–H groups in total. The highest BCUT2D eigenvalue weighted by molar-refractivity contribution is 7.92. The third-order valence-electron chi connectivity index (χ3n) is 6.90. The zero-order chi connectivity index (χ0) is 27.5. The van der Waals surface area contributed by atoms with E-state index >= 15 is 0 Å². The number of ether oxygens (including phenoxy) is 1. The van der Waals surface area contributed by atoms with Gasteiger partial charge in [-0.25, -0.2) is 8.42 Å². The Bertz CT molecular complexity index is 1150. The summed E-state index contributed by atoms with van der Waals surface area (Å²) in [6.07, 6.45) is 6.90. The van der Waals surface area contributed by atoms with Gasteiger partial charge in [-0.15, -0.1) is 0 Å². The van der Waals surface area contributed by atoms with Gasteiger partial charge in [0.15, 0.2) is 0 Å². The first-order valence-corrected chi connectivity index (χ1v) is 15.4. The highest BCUT2D eigenvalue weighted by Gasteiger charge is 2.28. The van der Waals surface area contributed by atoms with Crippen LogP contribution in [-0.4, -0.2) is 56.6 Å². The second-order valence-electron chi connectivity index (χ2n) is 9.87. The van der Waals surface area contributed by atoms with E-state index in [4.69, 9.17) is 4.74 Å². The Morgan fingerprint density at radius 1 is 1.03 bits per heavy atom. The van der Waals surface area contributed by atoms with Gasteiger partial charge in [0.2, 0.25) is 21.8 Å². The molecule has 1 fully saturated rings. The van der Waals surface area contributed by atoms with Crippen LogP contribution in [0.2, 0.25) is 0 Å². The van der Waals surface area contributed by atoms with Crippen LogP contribution in [-0.2, 0) is 26.2 Å². The predicted octanol–water partition coefficient (Wildman–Crippen LogP) is 4.50. The number of anilines is 1. The first-order chi connectivity index (χ1) is 18.2. The van der Waals surface area contributed by atoms with Gasteiger partial charge in [0.1, 0.15) is 11.8 Å². The third-order valence-corrected chi connectivity index (χ3v) is 8.08. The quantitative estimate of drug-likeness (QED) is 0.401. The lowest BCUT2D eigenvalue weighted by Crippen LogP contribution is -2.50. The lowest BCUT2D eigenvalue weighted by atomic mass is 9.95. The summed E-state index contributed by atoms with van der Waals surface area (Å²) in [5.74, 6) is 0.140. The molecule has 0 spiro atoms. The molecule has 38 heavy (non-hydrogen) atoms. The van der Waals surface area contributed by atoms with Crippen molar-refractivity contribution < 1.29 is 22.7 Å². The Morgan fingerprint density at radius 3 is 2.34 bits per heavy atom. The van der Waals surface area contributed by atoms with Crippen LogP contribution >= 0.6 is 0 Å². The highest BCUT2D eigenvalue weighted by atomic mass is 32.2. The molecule has 0 aromatic heterocycles. The Labute approximate surface area is 227 Å². The second kappa shape index (κ2) is 14.2. The van der Waals surface area contributed by atoms with Crippen molar-refractivity contribution in [2.24, 2.45) is 0 Å². The molecule has 208 valence electrons. The van der Waals surface area contributed by atoms with Gasteiger partial charge in [-0.05, 0) is 50.8 Å². The van der Waals surface area contributed by atoms with E-state index < -0.39 is 16.1 Å². The van der Waals surface area contributed by atoms with Gasteiger partial charge in [-0.2, -0.15) is 0 Å². The summed E-state index contributed by atoms with van der Waals surface area (Å²) in [5.41, 5.74) is 1.38. The fraction of sp³-hybridized carbons (Fsp3) is 0.517. The van der Waals surface area contributed by atoms with Gasteiger partial charge in [-0.1, -0.05) is 61.7 Å². The van der Waals surface area contributed by atoms with E-state index in [0.29, 0.717) is 31.0 Å². The molecule has 1 atom stereocenters. The minimum atomic E-state index is -3.61. The summed E-state index contributed by atoms with van der Waals surface area (Å²) in [4.78, 5) is 28.2. The number of hydrogen-bond donors (Lipinski definition) is 1. The van der Waals surface area contributed by atoms with E-state index in [1.807, 2.05) is 37.3 Å². The summed E-state index contributed by atoms with van der Waals surface area (Å²) in [7, 11) is -3.61. The number of para-hydroxylation sites is 2. The molecule has 0 saturated heterocycles. The fourth-order valence-corrected chi connectivity index (χ4v) is 5.82. The molecule has 1 aliphatic carbocycles. The van der Waals surface area contributed by atoms with Crippen LogP contribution in [0, 0.1) is 0 Å². The van der Waals surface area contributed by atoms with E-state index in [1.165, 1.54) is 10.7 Å². The first kappa shape index (κ1) is 29.5. The summed E-state index contributed by atoms with van der Waals surface area (Å²) < 4.78 is 32.2. The van der Waals surface area contributed by atoms with E-state index in [-0.39, 0.29) is 30.8 Å². The normalized spacial score (nSPS) is 14.9. The average Bonchev–Trinajstić information content (AvgIpc) is 2.90. The second-order valence-corrected chi connectivity index (χ2v) is 11.8. The Balaban J connectivity index is 1.71. The molecule has 0 bridgehead atoms. The van der Waals surface area contributed by atoms with Gasteiger partial charge in [0, 0.05) is 25.6 Å². The topological polar surface area (TPSA) is 96.0 Å². The Kier molecular flexibility index (Phi) is 11.0. The molecule has 3 rings (SSSR count). The monoisotopic (exact) mass is 543 g/mol. The lowest BCUT2D eigenvalue weighted by Gasteiger charge is -2.31. The van der Waals surface area contributed by atoms with Gasteiger partial charge < -0.3 is 15.0 Å². The van der Waals surface area contributed by atoms with Crippen molar-refractivity contribution in [3.8, 4) is 5.75 Å². The smallest absolute Gasteiger partial charge is 0.242 e. The number of benzene rings is 2. The van der Waals surface area contributed by atoms with Crippen molar-refractivity contribution in [1.29, 1.82) is 0 Å². The van der Waals surface area contributed by atoms with Crippen LogP contribution in [0.25, 0.3) is 0 Å². The van der Waals surface area contributed by atoms with Crippen LogP contribution in [0.3, 0.4) is 0 Å². The van der Waals surface area contributed by atoms with Gasteiger partial charge in [0.25, 0.3) is 0 Å². The van der Waals surface area contributed by atoms with Crippen LogP contribution in [0.4, 0.5) is 5.69 Å². The van der Waals surface area contributed by atoms with Crippen LogP contribution in [0.1, 0.15) is 64.4 Å². The number of nitrogens with one attached hydrogen (secondary N) is 1. The SMILES string of the molecule is CCOc1ccccc1N(CCCC(=O)N(Cc1ccccc1)C(C)C(=O)NC1CCCCC1)S(C)(=O)=O. The van der Waals surface area contributed by atoms with E-state index in [1.54, 1.807) is 36.1 Å². The molecule has 0 aliphatic heterocycles. The number of hydrogen-bond acceptors (Lipinski definition) is 5. The molecule has 2 amide bonds. The molecule has 2 aromatic carbocycles. The lowest BCUT2D eigenvalue weighted by molar-refractivity contribution is -0.141. The molecule has 1 unspecified atom stereocenters. The number of carbonyl (C=O) groups is 2. The highest BCUT2D eigenvalue weighted by Crippen LogP contribution is 2.30. The van der Waals surface area contributed by atoms with E-state index in [0.717, 1.165) is 37.5 Å². The molecule has 0 radical (unpaired) electrons. The zero-order valence-electron chi connectivity index (χ0n) is 22.8. The van der Waals surface area contributed by atoms with Gasteiger partial charge in [0.05, 0.1) is 18.6 Å². The van der Waals surface area contributed by atoms with E-state index in [9.17, 15) is 18.0 Å². The number of carbonyl (C=O) groups excluding carboxylic acids is 2. The molecule has 0 heterocycles. The van der Waals surface area contributed by atoms with Crippen molar-refractivity contribution in [3.05, 3.63) is 60.2 Å². The molecule has 1 aliphatic rings. The minimum Gasteiger partial charge on any atom is -0.492 e.